The Bertz CT molecular complexity index is 751. The van der Waals surface area contributed by atoms with Gasteiger partial charge in [-0.2, -0.15) is 0 Å². The quantitative estimate of drug-likeness (QED) is 0.827. The molecule has 0 spiro atoms. The van der Waals surface area contributed by atoms with Crippen LogP contribution in [-0.2, 0) is 6.54 Å². The molecule has 0 amide bonds. The maximum Gasteiger partial charge on any atom is 0.293 e. The normalized spacial score (nSPS) is 16.2. The maximum absolute atomic E-state index is 12.4. The molecule has 0 saturated carbocycles. The summed E-state index contributed by atoms with van der Waals surface area (Å²) in [5, 5.41) is 3.29. The van der Waals surface area contributed by atoms with E-state index in [0.29, 0.717) is 18.9 Å². The summed E-state index contributed by atoms with van der Waals surface area (Å²) in [6.45, 7) is 5.42. The molecule has 1 aromatic carbocycles. The lowest BCUT2D eigenvalue weighted by atomic mass is 10.0. The fourth-order valence-electron chi connectivity index (χ4n) is 3.52. The standard InChI is InChI=1S/C20H28N4O2/c1-3-23-14-11-21-19(20(23)25)22-15-18(24-12-5-4-6-13-24)16-7-9-17(26-2)10-8-16/h7-11,14,18H,3-6,12-13,15H2,1-2H3,(H,21,22). The van der Waals surface area contributed by atoms with Crippen molar-refractivity contribution < 1.29 is 4.74 Å². The van der Waals surface area contributed by atoms with Gasteiger partial charge in [0.15, 0.2) is 5.82 Å². The summed E-state index contributed by atoms with van der Waals surface area (Å²) in [5.41, 5.74) is 1.16. The molecule has 1 aliphatic rings. The van der Waals surface area contributed by atoms with Gasteiger partial charge in [-0.15, -0.1) is 0 Å². The van der Waals surface area contributed by atoms with Crippen molar-refractivity contribution in [1.82, 2.24) is 14.5 Å². The lowest BCUT2D eigenvalue weighted by Crippen LogP contribution is -2.38. The average molecular weight is 356 g/mol. The summed E-state index contributed by atoms with van der Waals surface area (Å²) in [6, 6.07) is 8.43. The largest absolute Gasteiger partial charge is 0.497 e. The average Bonchev–Trinajstić information content (AvgIpc) is 2.70. The van der Waals surface area contributed by atoms with Crippen LogP contribution in [0, 0.1) is 0 Å². The van der Waals surface area contributed by atoms with Crippen molar-refractivity contribution in [3.8, 4) is 5.75 Å². The molecule has 1 fully saturated rings. The van der Waals surface area contributed by atoms with E-state index in [9.17, 15) is 4.79 Å². The Morgan fingerprint density at radius 2 is 1.92 bits per heavy atom. The van der Waals surface area contributed by atoms with Gasteiger partial charge in [-0.1, -0.05) is 18.6 Å². The fraction of sp³-hybridized carbons (Fsp3) is 0.500. The highest BCUT2D eigenvalue weighted by atomic mass is 16.5. The number of benzene rings is 1. The number of nitrogens with one attached hydrogen (secondary N) is 1. The van der Waals surface area contributed by atoms with Crippen molar-refractivity contribution in [2.24, 2.45) is 0 Å². The molecule has 0 radical (unpaired) electrons. The first-order chi connectivity index (χ1) is 12.7. The van der Waals surface area contributed by atoms with Gasteiger partial charge in [-0.3, -0.25) is 9.69 Å². The number of nitrogens with zero attached hydrogens (tertiary/aromatic N) is 3. The van der Waals surface area contributed by atoms with E-state index in [-0.39, 0.29) is 11.6 Å². The number of aryl methyl sites for hydroxylation is 1. The minimum atomic E-state index is -0.0675. The highest BCUT2D eigenvalue weighted by molar-refractivity contribution is 5.34. The third kappa shape index (κ3) is 4.25. The van der Waals surface area contributed by atoms with E-state index >= 15 is 0 Å². The van der Waals surface area contributed by atoms with E-state index in [2.05, 4.69) is 27.3 Å². The smallest absolute Gasteiger partial charge is 0.293 e. The van der Waals surface area contributed by atoms with Crippen molar-refractivity contribution >= 4 is 5.82 Å². The Hall–Kier alpha value is -2.34. The van der Waals surface area contributed by atoms with E-state index in [1.54, 1.807) is 24.1 Å². The zero-order valence-corrected chi connectivity index (χ0v) is 15.6. The Labute approximate surface area is 154 Å². The third-order valence-corrected chi connectivity index (χ3v) is 5.05. The van der Waals surface area contributed by atoms with Crippen LogP contribution in [0.25, 0.3) is 0 Å². The maximum atomic E-state index is 12.4. The first-order valence-corrected chi connectivity index (χ1v) is 9.40. The molecule has 1 aliphatic heterocycles. The predicted molar refractivity (Wildman–Crippen MR) is 104 cm³/mol. The summed E-state index contributed by atoms with van der Waals surface area (Å²) < 4.78 is 6.95. The van der Waals surface area contributed by atoms with Gasteiger partial charge in [-0.05, 0) is 50.6 Å². The summed E-state index contributed by atoms with van der Waals surface area (Å²) in [4.78, 5) is 19.2. The summed E-state index contributed by atoms with van der Waals surface area (Å²) in [5.74, 6) is 1.28. The molecule has 26 heavy (non-hydrogen) atoms. The van der Waals surface area contributed by atoms with E-state index in [1.165, 1.54) is 24.8 Å². The molecular formula is C20H28N4O2. The molecule has 140 valence electrons. The van der Waals surface area contributed by atoms with E-state index in [1.807, 2.05) is 19.1 Å². The number of methoxy groups -OCH3 is 1. The Morgan fingerprint density at radius 3 is 2.58 bits per heavy atom. The van der Waals surface area contributed by atoms with E-state index in [4.69, 9.17) is 4.74 Å². The molecule has 2 heterocycles. The van der Waals surface area contributed by atoms with Crippen LogP contribution in [-0.4, -0.2) is 41.2 Å². The number of rotatable bonds is 7. The molecule has 1 aromatic heterocycles. The number of piperidine rings is 1. The molecular weight excluding hydrogens is 328 g/mol. The minimum Gasteiger partial charge on any atom is -0.497 e. The van der Waals surface area contributed by atoms with Gasteiger partial charge in [0.25, 0.3) is 5.56 Å². The molecule has 1 unspecified atom stereocenters. The van der Waals surface area contributed by atoms with Gasteiger partial charge in [0.2, 0.25) is 0 Å². The number of hydrogen-bond donors (Lipinski definition) is 1. The Morgan fingerprint density at radius 1 is 1.19 bits per heavy atom. The van der Waals surface area contributed by atoms with Crippen LogP contribution >= 0.6 is 0 Å². The lowest BCUT2D eigenvalue weighted by Gasteiger charge is -2.35. The highest BCUT2D eigenvalue weighted by Crippen LogP contribution is 2.26. The molecule has 2 aromatic rings. The van der Waals surface area contributed by atoms with Crippen LogP contribution in [0.5, 0.6) is 5.75 Å². The van der Waals surface area contributed by atoms with Gasteiger partial charge in [0.05, 0.1) is 13.2 Å². The van der Waals surface area contributed by atoms with Gasteiger partial charge in [-0.25, -0.2) is 4.98 Å². The first kappa shape index (κ1) is 18.5. The molecule has 6 heteroatoms. The lowest BCUT2D eigenvalue weighted by molar-refractivity contribution is 0.170. The third-order valence-electron chi connectivity index (χ3n) is 5.05. The molecule has 6 nitrogen and oxygen atoms in total. The number of aromatic nitrogens is 2. The monoisotopic (exact) mass is 356 g/mol. The predicted octanol–water partition coefficient (Wildman–Crippen LogP) is 2.91. The number of hydrogen-bond acceptors (Lipinski definition) is 5. The number of likely N-dealkylation sites (tertiary alicyclic amines) is 1. The molecule has 1 saturated heterocycles. The molecule has 3 rings (SSSR count). The SMILES string of the molecule is CCn1ccnc(NCC(c2ccc(OC)cc2)N2CCCCC2)c1=O. The number of anilines is 1. The second kappa shape index (κ2) is 8.85. The first-order valence-electron chi connectivity index (χ1n) is 9.40. The topological polar surface area (TPSA) is 59.4 Å². The molecule has 0 aliphatic carbocycles. The summed E-state index contributed by atoms with van der Waals surface area (Å²) in [6.07, 6.45) is 7.13. The molecule has 1 atom stereocenters. The van der Waals surface area contributed by atoms with Crippen LogP contribution in [0.2, 0.25) is 0 Å². The van der Waals surface area contributed by atoms with Crippen molar-refractivity contribution in [3.63, 3.8) is 0 Å². The van der Waals surface area contributed by atoms with Crippen molar-refractivity contribution in [2.45, 2.75) is 38.8 Å². The minimum absolute atomic E-state index is 0.0675. The van der Waals surface area contributed by atoms with Crippen LogP contribution in [0.15, 0.2) is 41.5 Å². The molecule has 1 N–H and O–H groups in total. The van der Waals surface area contributed by atoms with Gasteiger partial charge in [0, 0.05) is 25.5 Å². The second-order valence-electron chi connectivity index (χ2n) is 6.63. The van der Waals surface area contributed by atoms with Gasteiger partial charge >= 0.3 is 0 Å². The van der Waals surface area contributed by atoms with E-state index in [0.717, 1.165) is 18.8 Å². The van der Waals surface area contributed by atoms with Gasteiger partial charge in [0.1, 0.15) is 5.75 Å². The molecule has 0 bridgehead atoms. The Balaban J connectivity index is 1.80. The zero-order valence-electron chi connectivity index (χ0n) is 15.6. The van der Waals surface area contributed by atoms with Crippen LogP contribution in [0.3, 0.4) is 0 Å². The number of ether oxygens (including phenoxy) is 1. The zero-order chi connectivity index (χ0) is 18.4. The van der Waals surface area contributed by atoms with Crippen molar-refractivity contribution in [3.05, 3.63) is 52.6 Å². The van der Waals surface area contributed by atoms with Crippen molar-refractivity contribution in [1.29, 1.82) is 0 Å². The van der Waals surface area contributed by atoms with E-state index < -0.39 is 0 Å². The van der Waals surface area contributed by atoms with Crippen molar-refractivity contribution in [2.75, 3.05) is 32.1 Å². The van der Waals surface area contributed by atoms with Crippen LogP contribution in [0.4, 0.5) is 5.82 Å². The van der Waals surface area contributed by atoms with Crippen LogP contribution in [0.1, 0.15) is 37.8 Å². The fourth-order valence-corrected chi connectivity index (χ4v) is 3.52. The van der Waals surface area contributed by atoms with Gasteiger partial charge < -0.3 is 14.6 Å². The second-order valence-corrected chi connectivity index (χ2v) is 6.63. The Kier molecular flexibility index (Phi) is 6.28. The highest BCUT2D eigenvalue weighted by Gasteiger charge is 2.22. The van der Waals surface area contributed by atoms with Crippen LogP contribution < -0.4 is 15.6 Å². The summed E-state index contributed by atoms with van der Waals surface area (Å²) >= 11 is 0. The summed E-state index contributed by atoms with van der Waals surface area (Å²) in [7, 11) is 1.68.